The monoisotopic (exact) mass is 264 g/mol. The van der Waals surface area contributed by atoms with Crippen molar-refractivity contribution in [1.29, 1.82) is 0 Å². The van der Waals surface area contributed by atoms with Gasteiger partial charge < -0.3 is 5.11 Å². The van der Waals surface area contributed by atoms with Gasteiger partial charge in [-0.3, -0.25) is 0 Å². The first-order valence-corrected chi connectivity index (χ1v) is 5.82. The number of aliphatic hydroxyl groups excluding tert-OH is 1. The lowest BCUT2D eigenvalue weighted by Gasteiger charge is -2.22. The Kier molecular flexibility index (Phi) is 5.14. The molecule has 1 N–H and O–H groups in total. The first kappa shape index (κ1) is 15.0. The van der Waals surface area contributed by atoms with Gasteiger partial charge in [0.25, 0.3) is 0 Å². The van der Waals surface area contributed by atoms with Crippen molar-refractivity contribution in [1.82, 2.24) is 0 Å². The molecule has 1 nitrogen and oxygen atoms in total. The van der Waals surface area contributed by atoms with Gasteiger partial charge in [-0.2, -0.15) is 8.78 Å². The summed E-state index contributed by atoms with van der Waals surface area (Å²) in [4.78, 5) is 0. The molecule has 0 spiro atoms. The van der Waals surface area contributed by atoms with Gasteiger partial charge in [-0.1, -0.05) is 37.6 Å². The number of unbranched alkanes of at least 4 members (excludes halogenated alkanes) is 1. The second-order valence-corrected chi connectivity index (χ2v) is 4.22. The van der Waals surface area contributed by atoms with E-state index in [0.717, 1.165) is 24.8 Å². The zero-order valence-corrected chi connectivity index (χ0v) is 10.0. The molecule has 1 unspecified atom stereocenters. The molecule has 18 heavy (non-hydrogen) atoms. The first-order chi connectivity index (χ1) is 8.39. The summed E-state index contributed by atoms with van der Waals surface area (Å²) in [5.74, 6) is -4.43. The number of hydrogen-bond acceptors (Lipinski definition) is 1. The van der Waals surface area contributed by atoms with Crippen LogP contribution in [-0.2, 0) is 6.42 Å². The summed E-state index contributed by atoms with van der Waals surface area (Å²) in [6.07, 6.45) is -3.58. The SMILES string of the molecule is CCCCc1ccc(C(O)C(F)(F)C(F)F)cc1. The van der Waals surface area contributed by atoms with Crippen LogP contribution in [0, 0.1) is 0 Å². The predicted octanol–water partition coefficient (Wildman–Crippen LogP) is 3.96. The predicted molar refractivity (Wildman–Crippen MR) is 61.0 cm³/mol. The van der Waals surface area contributed by atoms with Gasteiger partial charge in [0.15, 0.2) is 0 Å². The van der Waals surface area contributed by atoms with Crippen molar-refractivity contribution >= 4 is 0 Å². The van der Waals surface area contributed by atoms with E-state index in [2.05, 4.69) is 0 Å². The Bertz CT molecular complexity index is 362. The maximum atomic E-state index is 12.9. The highest BCUT2D eigenvalue weighted by atomic mass is 19.3. The maximum absolute atomic E-state index is 12.9. The zero-order valence-electron chi connectivity index (χ0n) is 10.0. The van der Waals surface area contributed by atoms with Crippen molar-refractivity contribution in [3.05, 3.63) is 35.4 Å². The smallest absolute Gasteiger partial charge is 0.336 e. The van der Waals surface area contributed by atoms with Crippen LogP contribution < -0.4 is 0 Å². The second kappa shape index (κ2) is 6.18. The quantitative estimate of drug-likeness (QED) is 0.771. The van der Waals surface area contributed by atoms with E-state index in [-0.39, 0.29) is 5.56 Å². The highest BCUT2D eigenvalue weighted by molar-refractivity contribution is 5.25. The van der Waals surface area contributed by atoms with Crippen molar-refractivity contribution in [3.8, 4) is 0 Å². The normalized spacial score (nSPS) is 13.9. The standard InChI is InChI=1S/C13H16F4O/c1-2-3-4-9-5-7-10(8-6-9)11(18)13(16,17)12(14)15/h5-8,11-12,18H,2-4H2,1H3. The average molecular weight is 264 g/mol. The van der Waals surface area contributed by atoms with Gasteiger partial charge in [-0.15, -0.1) is 0 Å². The topological polar surface area (TPSA) is 20.2 Å². The molecule has 102 valence electrons. The molecule has 0 bridgehead atoms. The fourth-order valence-corrected chi connectivity index (χ4v) is 1.59. The molecule has 5 heteroatoms. The lowest BCUT2D eigenvalue weighted by atomic mass is 10.0. The molecular formula is C13H16F4O. The molecule has 1 aromatic rings. The van der Waals surface area contributed by atoms with Gasteiger partial charge in [-0.05, 0) is 24.0 Å². The molecule has 0 aliphatic rings. The second-order valence-electron chi connectivity index (χ2n) is 4.22. The van der Waals surface area contributed by atoms with Crippen LogP contribution in [0.2, 0.25) is 0 Å². The Hall–Kier alpha value is -1.10. The van der Waals surface area contributed by atoms with Crippen LogP contribution >= 0.6 is 0 Å². The minimum Gasteiger partial charge on any atom is -0.382 e. The van der Waals surface area contributed by atoms with Crippen molar-refractivity contribution in [2.24, 2.45) is 0 Å². The molecule has 0 fully saturated rings. The Morgan fingerprint density at radius 2 is 1.72 bits per heavy atom. The Morgan fingerprint density at radius 3 is 2.17 bits per heavy atom. The molecular weight excluding hydrogens is 248 g/mol. The van der Waals surface area contributed by atoms with Crippen LogP contribution in [-0.4, -0.2) is 17.5 Å². The van der Waals surface area contributed by atoms with E-state index in [1.807, 2.05) is 6.92 Å². The molecule has 1 aromatic carbocycles. The molecule has 0 saturated carbocycles. The van der Waals surface area contributed by atoms with Crippen molar-refractivity contribution in [2.45, 2.75) is 44.6 Å². The zero-order chi connectivity index (χ0) is 13.8. The molecule has 0 heterocycles. The van der Waals surface area contributed by atoms with Crippen LogP contribution in [0.15, 0.2) is 24.3 Å². The molecule has 0 saturated heterocycles. The van der Waals surface area contributed by atoms with Crippen LogP contribution in [0.1, 0.15) is 37.0 Å². The summed E-state index contributed by atoms with van der Waals surface area (Å²) in [5, 5.41) is 9.26. The summed E-state index contributed by atoms with van der Waals surface area (Å²) in [6, 6.07) is 5.70. The summed E-state index contributed by atoms with van der Waals surface area (Å²) in [7, 11) is 0. The highest BCUT2D eigenvalue weighted by Crippen LogP contribution is 2.36. The number of benzene rings is 1. The van der Waals surface area contributed by atoms with Gasteiger partial charge >= 0.3 is 12.3 Å². The Morgan fingerprint density at radius 1 is 1.17 bits per heavy atom. The van der Waals surface area contributed by atoms with E-state index < -0.39 is 18.5 Å². The summed E-state index contributed by atoms with van der Waals surface area (Å²) in [6.45, 7) is 2.03. The van der Waals surface area contributed by atoms with E-state index >= 15 is 0 Å². The third-order valence-corrected chi connectivity index (χ3v) is 2.77. The fourth-order valence-electron chi connectivity index (χ4n) is 1.59. The van der Waals surface area contributed by atoms with Crippen molar-refractivity contribution in [3.63, 3.8) is 0 Å². The molecule has 0 radical (unpaired) electrons. The number of aryl methyl sites for hydroxylation is 1. The lowest BCUT2D eigenvalue weighted by Crippen LogP contribution is -2.34. The van der Waals surface area contributed by atoms with Gasteiger partial charge in [0.05, 0.1) is 0 Å². The van der Waals surface area contributed by atoms with Gasteiger partial charge in [0, 0.05) is 0 Å². The maximum Gasteiger partial charge on any atom is 0.336 e. The van der Waals surface area contributed by atoms with Crippen LogP contribution in [0.4, 0.5) is 17.6 Å². The number of halogens is 4. The average Bonchev–Trinajstić information content (AvgIpc) is 2.35. The third-order valence-electron chi connectivity index (χ3n) is 2.77. The lowest BCUT2D eigenvalue weighted by molar-refractivity contribution is -0.193. The fraction of sp³-hybridized carbons (Fsp3) is 0.538. The highest BCUT2D eigenvalue weighted by Gasteiger charge is 2.48. The molecule has 1 atom stereocenters. The van der Waals surface area contributed by atoms with Crippen LogP contribution in [0.3, 0.4) is 0 Å². The molecule has 1 rings (SSSR count). The number of hydrogen-bond donors (Lipinski definition) is 1. The largest absolute Gasteiger partial charge is 0.382 e. The van der Waals surface area contributed by atoms with Gasteiger partial charge in [0.1, 0.15) is 6.10 Å². The van der Waals surface area contributed by atoms with Crippen molar-refractivity contribution < 1.29 is 22.7 Å². The Labute approximate surface area is 103 Å². The third kappa shape index (κ3) is 3.45. The molecule has 0 aromatic heterocycles. The van der Waals surface area contributed by atoms with Crippen LogP contribution in [0.5, 0.6) is 0 Å². The first-order valence-electron chi connectivity index (χ1n) is 5.82. The summed E-state index contributed by atoms with van der Waals surface area (Å²) < 4.78 is 50.0. The summed E-state index contributed by atoms with van der Waals surface area (Å²) in [5.41, 5.74) is 0.744. The molecule has 0 amide bonds. The van der Waals surface area contributed by atoms with E-state index in [1.165, 1.54) is 12.1 Å². The van der Waals surface area contributed by atoms with Gasteiger partial charge in [-0.25, -0.2) is 8.78 Å². The minimum atomic E-state index is -4.43. The summed E-state index contributed by atoms with van der Waals surface area (Å²) >= 11 is 0. The molecule has 0 aliphatic heterocycles. The minimum absolute atomic E-state index is 0.194. The van der Waals surface area contributed by atoms with E-state index in [9.17, 15) is 22.7 Å². The molecule has 0 aliphatic carbocycles. The van der Waals surface area contributed by atoms with E-state index in [4.69, 9.17) is 0 Å². The van der Waals surface area contributed by atoms with E-state index in [0.29, 0.717) is 0 Å². The van der Waals surface area contributed by atoms with Gasteiger partial charge in [0.2, 0.25) is 0 Å². The number of aliphatic hydroxyl groups is 1. The van der Waals surface area contributed by atoms with Crippen molar-refractivity contribution in [2.75, 3.05) is 0 Å². The number of alkyl halides is 4. The van der Waals surface area contributed by atoms with Crippen LogP contribution in [0.25, 0.3) is 0 Å². The number of rotatable bonds is 6. The van der Waals surface area contributed by atoms with E-state index in [1.54, 1.807) is 12.1 Å². The Balaban J connectivity index is 2.78.